The van der Waals surface area contributed by atoms with E-state index in [2.05, 4.69) is 31.4 Å². The molecule has 0 spiro atoms. The smallest absolute Gasteiger partial charge is 0.221 e. The molecule has 0 radical (unpaired) electrons. The summed E-state index contributed by atoms with van der Waals surface area (Å²) in [5, 5.41) is 7.00. The molecule has 1 rings (SSSR count). The number of halogens is 1. The van der Waals surface area contributed by atoms with Crippen LogP contribution >= 0.6 is 11.6 Å². The van der Waals surface area contributed by atoms with Gasteiger partial charge in [-0.15, -0.1) is 0 Å². The first kappa shape index (κ1) is 16.0. The number of hydrogen-bond acceptors (Lipinski definition) is 2. The second-order valence-electron chi connectivity index (χ2n) is 4.94. The molecule has 4 heteroatoms. The minimum Gasteiger partial charge on any atom is -0.349 e. The van der Waals surface area contributed by atoms with Gasteiger partial charge in [0.25, 0.3) is 0 Å². The third kappa shape index (κ3) is 6.08. The normalized spacial score (nSPS) is 12.5. The van der Waals surface area contributed by atoms with Crippen LogP contribution in [-0.4, -0.2) is 18.5 Å². The minimum atomic E-state index is 0.0591. The van der Waals surface area contributed by atoms with E-state index in [4.69, 9.17) is 11.6 Å². The Kier molecular flexibility index (Phi) is 6.89. The summed E-state index contributed by atoms with van der Waals surface area (Å²) in [5.74, 6) is 0.0787. The average Bonchev–Trinajstić information content (AvgIpc) is 2.36. The van der Waals surface area contributed by atoms with E-state index in [-0.39, 0.29) is 11.9 Å². The zero-order chi connectivity index (χ0) is 14.3. The summed E-state index contributed by atoms with van der Waals surface area (Å²) in [7, 11) is 0. The van der Waals surface area contributed by atoms with Gasteiger partial charge >= 0.3 is 0 Å². The van der Waals surface area contributed by atoms with Gasteiger partial charge in [-0.1, -0.05) is 44.5 Å². The molecule has 0 saturated heterocycles. The number of amides is 1. The lowest BCUT2D eigenvalue weighted by Crippen LogP contribution is -2.32. The standard InChI is InChI=1S/C15H23ClN2O/c1-4-14(12-5-7-13(16)8-6-12)18-15(19)9-10-17-11(2)3/h5-8,11,14,17H,4,9-10H2,1-3H3,(H,18,19). The average molecular weight is 283 g/mol. The van der Waals surface area contributed by atoms with Crippen molar-refractivity contribution in [3.63, 3.8) is 0 Å². The number of benzene rings is 1. The third-order valence-electron chi connectivity index (χ3n) is 2.92. The van der Waals surface area contributed by atoms with Crippen LogP contribution in [0.5, 0.6) is 0 Å². The van der Waals surface area contributed by atoms with Crippen molar-refractivity contribution >= 4 is 17.5 Å². The van der Waals surface area contributed by atoms with Gasteiger partial charge < -0.3 is 10.6 Å². The maximum Gasteiger partial charge on any atom is 0.221 e. The molecule has 19 heavy (non-hydrogen) atoms. The number of carbonyl (C=O) groups is 1. The van der Waals surface area contributed by atoms with Crippen LogP contribution in [0, 0.1) is 0 Å². The first-order valence-corrected chi connectivity index (χ1v) is 7.19. The van der Waals surface area contributed by atoms with Crippen molar-refractivity contribution < 1.29 is 4.79 Å². The number of rotatable bonds is 7. The predicted octanol–water partition coefficient (Wildman–Crippen LogP) is 3.30. The van der Waals surface area contributed by atoms with E-state index >= 15 is 0 Å². The summed E-state index contributed by atoms with van der Waals surface area (Å²) in [5.41, 5.74) is 1.09. The highest BCUT2D eigenvalue weighted by Gasteiger charge is 2.12. The van der Waals surface area contributed by atoms with Crippen LogP contribution in [0.3, 0.4) is 0 Å². The molecule has 2 N–H and O–H groups in total. The van der Waals surface area contributed by atoms with E-state index in [1.807, 2.05) is 24.3 Å². The fourth-order valence-electron chi connectivity index (χ4n) is 1.86. The van der Waals surface area contributed by atoms with Gasteiger partial charge in [-0.05, 0) is 24.1 Å². The monoisotopic (exact) mass is 282 g/mol. The minimum absolute atomic E-state index is 0.0591. The molecule has 0 fully saturated rings. The largest absolute Gasteiger partial charge is 0.349 e. The fraction of sp³-hybridized carbons (Fsp3) is 0.533. The molecular formula is C15H23ClN2O. The Morgan fingerprint density at radius 2 is 1.89 bits per heavy atom. The molecule has 0 saturated carbocycles. The van der Waals surface area contributed by atoms with Crippen LogP contribution in [0.15, 0.2) is 24.3 Å². The summed E-state index contributed by atoms with van der Waals surface area (Å²) >= 11 is 5.87. The molecule has 3 nitrogen and oxygen atoms in total. The van der Waals surface area contributed by atoms with Crippen molar-refractivity contribution in [3.05, 3.63) is 34.9 Å². The summed E-state index contributed by atoms with van der Waals surface area (Å²) < 4.78 is 0. The van der Waals surface area contributed by atoms with Crippen molar-refractivity contribution in [2.75, 3.05) is 6.54 Å². The van der Waals surface area contributed by atoms with Crippen LogP contribution in [-0.2, 0) is 4.79 Å². The molecule has 1 atom stereocenters. The maximum absolute atomic E-state index is 11.9. The molecule has 0 aliphatic carbocycles. The summed E-state index contributed by atoms with van der Waals surface area (Å²) in [4.78, 5) is 11.9. The van der Waals surface area contributed by atoms with Gasteiger partial charge in [0.05, 0.1) is 6.04 Å². The molecule has 1 unspecified atom stereocenters. The van der Waals surface area contributed by atoms with Gasteiger partial charge in [-0.2, -0.15) is 0 Å². The van der Waals surface area contributed by atoms with Gasteiger partial charge in [0.2, 0.25) is 5.91 Å². The predicted molar refractivity (Wildman–Crippen MR) is 80.4 cm³/mol. The Morgan fingerprint density at radius 3 is 2.42 bits per heavy atom. The molecule has 1 aromatic rings. The summed E-state index contributed by atoms with van der Waals surface area (Å²) in [6, 6.07) is 8.10. The first-order chi connectivity index (χ1) is 9.02. The number of carbonyl (C=O) groups excluding carboxylic acids is 1. The zero-order valence-corrected chi connectivity index (χ0v) is 12.6. The van der Waals surface area contributed by atoms with Crippen LogP contribution in [0.1, 0.15) is 45.2 Å². The lowest BCUT2D eigenvalue weighted by molar-refractivity contribution is -0.121. The summed E-state index contributed by atoms with van der Waals surface area (Å²) in [6.07, 6.45) is 1.37. The van der Waals surface area contributed by atoms with Gasteiger partial charge in [-0.3, -0.25) is 4.79 Å². The SMILES string of the molecule is CCC(NC(=O)CCNC(C)C)c1ccc(Cl)cc1. The third-order valence-corrected chi connectivity index (χ3v) is 3.17. The van der Waals surface area contributed by atoms with E-state index in [0.29, 0.717) is 24.0 Å². The van der Waals surface area contributed by atoms with Gasteiger partial charge in [0.1, 0.15) is 0 Å². The molecule has 0 aliphatic rings. The van der Waals surface area contributed by atoms with Crippen LogP contribution < -0.4 is 10.6 Å². The Hall–Kier alpha value is -1.06. The van der Waals surface area contributed by atoms with Gasteiger partial charge in [0, 0.05) is 24.0 Å². The zero-order valence-electron chi connectivity index (χ0n) is 11.9. The molecule has 0 aliphatic heterocycles. The van der Waals surface area contributed by atoms with E-state index in [1.165, 1.54) is 0 Å². The van der Waals surface area contributed by atoms with Crippen LogP contribution in [0.25, 0.3) is 0 Å². The number of nitrogens with one attached hydrogen (secondary N) is 2. The maximum atomic E-state index is 11.9. The Balaban J connectivity index is 2.47. The van der Waals surface area contributed by atoms with Gasteiger partial charge in [0.15, 0.2) is 0 Å². The highest BCUT2D eigenvalue weighted by Crippen LogP contribution is 2.19. The topological polar surface area (TPSA) is 41.1 Å². The summed E-state index contributed by atoms with van der Waals surface area (Å²) in [6.45, 7) is 6.91. The van der Waals surface area contributed by atoms with Crippen LogP contribution in [0.4, 0.5) is 0 Å². The quantitative estimate of drug-likeness (QED) is 0.806. The molecule has 1 aromatic carbocycles. The molecule has 0 bridgehead atoms. The van der Waals surface area contributed by atoms with Crippen molar-refractivity contribution in [2.45, 2.75) is 45.7 Å². The molecular weight excluding hydrogens is 260 g/mol. The Labute approximate surface area is 120 Å². The second-order valence-corrected chi connectivity index (χ2v) is 5.38. The lowest BCUT2D eigenvalue weighted by atomic mass is 10.0. The second kappa shape index (κ2) is 8.18. The van der Waals surface area contributed by atoms with E-state index in [9.17, 15) is 4.79 Å². The van der Waals surface area contributed by atoms with Crippen molar-refractivity contribution in [1.82, 2.24) is 10.6 Å². The highest BCUT2D eigenvalue weighted by atomic mass is 35.5. The van der Waals surface area contributed by atoms with Crippen molar-refractivity contribution in [3.8, 4) is 0 Å². The Bertz CT molecular complexity index is 390. The Morgan fingerprint density at radius 1 is 1.26 bits per heavy atom. The fourth-order valence-corrected chi connectivity index (χ4v) is 1.98. The van der Waals surface area contributed by atoms with Gasteiger partial charge in [-0.25, -0.2) is 0 Å². The first-order valence-electron chi connectivity index (χ1n) is 6.81. The molecule has 1 amide bonds. The van der Waals surface area contributed by atoms with Crippen LogP contribution in [0.2, 0.25) is 5.02 Å². The molecule has 0 heterocycles. The van der Waals surface area contributed by atoms with Crippen molar-refractivity contribution in [1.29, 1.82) is 0 Å². The van der Waals surface area contributed by atoms with Crippen molar-refractivity contribution in [2.24, 2.45) is 0 Å². The van der Waals surface area contributed by atoms with E-state index in [1.54, 1.807) is 0 Å². The number of hydrogen-bond donors (Lipinski definition) is 2. The lowest BCUT2D eigenvalue weighted by Gasteiger charge is -2.18. The van der Waals surface area contributed by atoms with E-state index in [0.717, 1.165) is 12.0 Å². The molecule has 106 valence electrons. The molecule has 0 aromatic heterocycles. The highest BCUT2D eigenvalue weighted by molar-refractivity contribution is 6.30. The van der Waals surface area contributed by atoms with E-state index < -0.39 is 0 Å².